The fourth-order valence-electron chi connectivity index (χ4n) is 3.05. The number of hydrogen-bond donors (Lipinski definition) is 2. The Hall–Kier alpha value is -2.04. The number of aliphatic carboxylic acids is 1. The van der Waals surface area contributed by atoms with Gasteiger partial charge in [-0.1, -0.05) is 31.0 Å². The molecule has 5 heteroatoms. The van der Waals surface area contributed by atoms with Crippen LogP contribution in [0.1, 0.15) is 37.7 Å². The molecule has 1 fully saturated rings. The Kier molecular flexibility index (Phi) is 4.83. The van der Waals surface area contributed by atoms with Crippen LogP contribution in [0, 0.1) is 0 Å². The second-order valence-corrected chi connectivity index (χ2v) is 5.59. The lowest BCUT2D eigenvalue weighted by atomic mass is 9.92. The minimum absolute atomic E-state index is 0.00926. The molecule has 0 spiro atoms. The molecule has 0 saturated heterocycles. The monoisotopic (exact) mass is 291 g/mol. The predicted molar refractivity (Wildman–Crippen MR) is 78.3 cm³/mol. The Labute approximate surface area is 124 Å². The lowest BCUT2D eigenvalue weighted by Gasteiger charge is -2.28. The summed E-state index contributed by atoms with van der Waals surface area (Å²) in [5.41, 5.74) is 0.228. The average Bonchev–Trinajstić information content (AvgIpc) is 2.86. The van der Waals surface area contributed by atoms with Crippen LogP contribution in [-0.2, 0) is 16.0 Å². The van der Waals surface area contributed by atoms with Gasteiger partial charge < -0.3 is 15.2 Å². The van der Waals surface area contributed by atoms with E-state index in [-0.39, 0.29) is 18.7 Å². The third-order valence-electron chi connectivity index (χ3n) is 4.00. The van der Waals surface area contributed by atoms with Gasteiger partial charge >= 0.3 is 5.97 Å². The van der Waals surface area contributed by atoms with Crippen LogP contribution in [0.3, 0.4) is 0 Å². The Balaban J connectivity index is 2.04. The smallest absolute Gasteiger partial charge is 0.305 e. The number of para-hydroxylation sites is 1. The molecule has 1 amide bonds. The highest BCUT2D eigenvalue weighted by molar-refractivity contribution is 5.81. The molecule has 1 aliphatic rings. The molecule has 0 atom stereocenters. The first-order chi connectivity index (χ1) is 10.0. The average molecular weight is 291 g/mol. The van der Waals surface area contributed by atoms with Crippen LogP contribution < -0.4 is 10.1 Å². The number of nitrogens with one attached hydrogen (secondary N) is 1. The summed E-state index contributed by atoms with van der Waals surface area (Å²) in [5.74, 6) is -0.344. The van der Waals surface area contributed by atoms with E-state index in [0.29, 0.717) is 5.75 Å². The fraction of sp³-hybridized carbons (Fsp3) is 0.500. The molecule has 0 aliphatic heterocycles. The Bertz CT molecular complexity index is 521. The van der Waals surface area contributed by atoms with E-state index in [1.54, 1.807) is 7.11 Å². The topological polar surface area (TPSA) is 75.6 Å². The summed E-state index contributed by atoms with van der Waals surface area (Å²) in [6.07, 6.45) is 3.58. The van der Waals surface area contributed by atoms with Crippen molar-refractivity contribution in [1.82, 2.24) is 5.32 Å². The van der Waals surface area contributed by atoms with Crippen LogP contribution >= 0.6 is 0 Å². The predicted octanol–water partition coefficient (Wildman–Crippen LogP) is 2.14. The molecule has 0 unspecified atom stereocenters. The van der Waals surface area contributed by atoms with Crippen LogP contribution in [0.5, 0.6) is 5.75 Å². The van der Waals surface area contributed by atoms with Crippen LogP contribution in [-0.4, -0.2) is 29.6 Å². The molecule has 1 saturated carbocycles. The molecule has 0 aromatic heterocycles. The first-order valence-electron chi connectivity index (χ1n) is 7.19. The maximum absolute atomic E-state index is 12.3. The molecular weight excluding hydrogens is 270 g/mol. The highest BCUT2D eigenvalue weighted by atomic mass is 16.5. The van der Waals surface area contributed by atoms with Crippen molar-refractivity contribution in [3.05, 3.63) is 29.8 Å². The molecule has 0 heterocycles. The maximum atomic E-state index is 12.3. The van der Waals surface area contributed by atoms with Gasteiger partial charge in [0.05, 0.1) is 25.5 Å². The molecule has 2 rings (SSSR count). The molecule has 1 aliphatic carbocycles. The van der Waals surface area contributed by atoms with Crippen molar-refractivity contribution in [2.75, 3.05) is 7.11 Å². The zero-order valence-corrected chi connectivity index (χ0v) is 12.2. The van der Waals surface area contributed by atoms with E-state index < -0.39 is 11.5 Å². The number of rotatable bonds is 6. The maximum Gasteiger partial charge on any atom is 0.305 e. The molecule has 5 nitrogen and oxygen atoms in total. The lowest BCUT2D eigenvalue weighted by molar-refractivity contribution is -0.139. The van der Waals surface area contributed by atoms with Crippen LogP contribution in [0.4, 0.5) is 0 Å². The fourth-order valence-corrected chi connectivity index (χ4v) is 3.05. The van der Waals surface area contributed by atoms with Gasteiger partial charge in [0.25, 0.3) is 0 Å². The lowest BCUT2D eigenvalue weighted by Crippen LogP contribution is -2.48. The first-order valence-corrected chi connectivity index (χ1v) is 7.19. The molecule has 1 aromatic rings. The van der Waals surface area contributed by atoms with Crippen LogP contribution in [0.2, 0.25) is 0 Å². The highest BCUT2D eigenvalue weighted by Crippen LogP contribution is 2.32. The zero-order chi connectivity index (χ0) is 15.3. The highest BCUT2D eigenvalue weighted by Gasteiger charge is 2.37. The van der Waals surface area contributed by atoms with Gasteiger partial charge in [0.1, 0.15) is 5.75 Å². The van der Waals surface area contributed by atoms with Gasteiger partial charge in [0.15, 0.2) is 0 Å². The summed E-state index contributed by atoms with van der Waals surface area (Å²) in [5, 5.41) is 12.0. The minimum Gasteiger partial charge on any atom is -0.496 e. The number of carbonyl (C=O) groups excluding carboxylic acids is 1. The number of benzene rings is 1. The van der Waals surface area contributed by atoms with Gasteiger partial charge in [-0.3, -0.25) is 9.59 Å². The Morgan fingerprint density at radius 3 is 2.57 bits per heavy atom. The van der Waals surface area contributed by atoms with Gasteiger partial charge in [0, 0.05) is 5.56 Å². The quantitative estimate of drug-likeness (QED) is 0.842. The van der Waals surface area contributed by atoms with E-state index >= 15 is 0 Å². The first kappa shape index (κ1) is 15.4. The molecule has 1 aromatic carbocycles. The second-order valence-electron chi connectivity index (χ2n) is 5.59. The zero-order valence-electron chi connectivity index (χ0n) is 12.2. The van der Waals surface area contributed by atoms with Crippen molar-refractivity contribution in [2.45, 2.75) is 44.1 Å². The molecule has 21 heavy (non-hydrogen) atoms. The van der Waals surface area contributed by atoms with E-state index in [4.69, 9.17) is 9.84 Å². The third kappa shape index (κ3) is 3.97. The van der Waals surface area contributed by atoms with Gasteiger partial charge in [-0.2, -0.15) is 0 Å². The van der Waals surface area contributed by atoms with E-state index in [2.05, 4.69) is 5.32 Å². The van der Waals surface area contributed by atoms with E-state index in [9.17, 15) is 9.59 Å². The Morgan fingerprint density at radius 2 is 1.95 bits per heavy atom. The molecule has 0 bridgehead atoms. The molecule has 2 N–H and O–H groups in total. The van der Waals surface area contributed by atoms with Crippen molar-refractivity contribution in [3.63, 3.8) is 0 Å². The summed E-state index contributed by atoms with van der Waals surface area (Å²) in [4.78, 5) is 23.3. The number of carboxylic acid groups (broad SMARTS) is 1. The summed E-state index contributed by atoms with van der Waals surface area (Å²) in [6, 6.07) is 7.36. The number of amides is 1. The minimum atomic E-state index is -0.866. The summed E-state index contributed by atoms with van der Waals surface area (Å²) < 4.78 is 5.23. The van der Waals surface area contributed by atoms with Crippen molar-refractivity contribution in [1.29, 1.82) is 0 Å². The van der Waals surface area contributed by atoms with Crippen LogP contribution in [0.15, 0.2) is 24.3 Å². The molecular formula is C16H21NO4. The number of carboxylic acids is 1. The van der Waals surface area contributed by atoms with Crippen LogP contribution in [0.25, 0.3) is 0 Å². The largest absolute Gasteiger partial charge is 0.496 e. The van der Waals surface area contributed by atoms with E-state index in [1.165, 1.54) is 0 Å². The molecule has 114 valence electrons. The third-order valence-corrected chi connectivity index (χ3v) is 4.00. The number of hydrogen-bond acceptors (Lipinski definition) is 3. The second kappa shape index (κ2) is 6.61. The number of carbonyl (C=O) groups is 2. The standard InChI is InChI=1S/C16H21NO4/c1-21-13-7-3-2-6-12(13)10-14(18)17-16(11-15(19)20)8-4-5-9-16/h2-3,6-7H,4-5,8-11H2,1H3,(H,17,18)(H,19,20). The van der Waals surface area contributed by atoms with Crippen molar-refractivity contribution < 1.29 is 19.4 Å². The normalized spacial score (nSPS) is 16.4. The SMILES string of the molecule is COc1ccccc1CC(=O)NC1(CC(=O)O)CCCC1. The number of ether oxygens (including phenoxy) is 1. The summed E-state index contributed by atoms with van der Waals surface area (Å²) in [6.45, 7) is 0. The van der Waals surface area contributed by atoms with E-state index in [1.807, 2.05) is 24.3 Å². The van der Waals surface area contributed by atoms with Crippen molar-refractivity contribution in [2.24, 2.45) is 0 Å². The van der Waals surface area contributed by atoms with Crippen molar-refractivity contribution >= 4 is 11.9 Å². The van der Waals surface area contributed by atoms with Gasteiger partial charge in [0.2, 0.25) is 5.91 Å². The number of methoxy groups -OCH3 is 1. The van der Waals surface area contributed by atoms with Crippen molar-refractivity contribution in [3.8, 4) is 5.75 Å². The van der Waals surface area contributed by atoms with Gasteiger partial charge in [-0.25, -0.2) is 0 Å². The summed E-state index contributed by atoms with van der Waals surface area (Å²) in [7, 11) is 1.57. The van der Waals surface area contributed by atoms with Gasteiger partial charge in [-0.15, -0.1) is 0 Å². The summed E-state index contributed by atoms with van der Waals surface area (Å²) >= 11 is 0. The van der Waals surface area contributed by atoms with E-state index in [0.717, 1.165) is 31.2 Å². The Morgan fingerprint density at radius 1 is 1.29 bits per heavy atom. The molecule has 0 radical (unpaired) electrons. The van der Waals surface area contributed by atoms with Gasteiger partial charge in [-0.05, 0) is 18.9 Å².